The molecular weight excluding hydrogens is 348 g/mol. The summed E-state index contributed by atoms with van der Waals surface area (Å²) in [5.74, 6) is 0.0954. The standard InChI is InChI=1S/C19H24N4O2S/c1-14(24)15-2-4-18(5-3-15)26-23-17(10-16-11-21-13-22-16)12-25-19(23)6-8-20-9-7-19/h2-5,11,13,17,20H,6-10,12H2,1H3,(H,21,22). The number of benzene rings is 1. The Balaban J connectivity index is 1.56. The molecular formula is C19H24N4O2S. The van der Waals surface area contributed by atoms with Crippen molar-refractivity contribution in [3.63, 3.8) is 0 Å². The molecule has 4 rings (SSSR count). The Morgan fingerprint density at radius 1 is 1.35 bits per heavy atom. The number of ether oxygens (including phenoxy) is 1. The fourth-order valence-corrected chi connectivity index (χ4v) is 4.88. The molecule has 0 amide bonds. The van der Waals surface area contributed by atoms with Crippen molar-refractivity contribution in [3.8, 4) is 0 Å². The van der Waals surface area contributed by atoms with Gasteiger partial charge in [-0.3, -0.25) is 4.79 Å². The monoisotopic (exact) mass is 372 g/mol. The van der Waals surface area contributed by atoms with Gasteiger partial charge >= 0.3 is 0 Å². The molecule has 1 spiro atoms. The molecule has 7 heteroatoms. The lowest BCUT2D eigenvalue weighted by atomic mass is 10.0. The number of carbonyl (C=O) groups excluding carboxylic acids is 1. The molecule has 2 aliphatic rings. The molecule has 2 N–H and O–H groups in total. The van der Waals surface area contributed by atoms with Crippen LogP contribution in [0.15, 0.2) is 41.7 Å². The van der Waals surface area contributed by atoms with E-state index in [1.54, 1.807) is 25.2 Å². The number of nitrogens with one attached hydrogen (secondary N) is 2. The van der Waals surface area contributed by atoms with Crippen LogP contribution in [0.25, 0.3) is 0 Å². The average molecular weight is 372 g/mol. The van der Waals surface area contributed by atoms with Gasteiger partial charge in [-0.1, -0.05) is 12.1 Å². The second-order valence-electron chi connectivity index (χ2n) is 6.94. The van der Waals surface area contributed by atoms with Crippen LogP contribution in [-0.4, -0.2) is 51.5 Å². The van der Waals surface area contributed by atoms with Crippen molar-refractivity contribution < 1.29 is 9.53 Å². The highest BCUT2D eigenvalue weighted by Gasteiger charge is 2.48. The normalized spacial score (nSPS) is 22.7. The van der Waals surface area contributed by atoms with E-state index < -0.39 is 0 Å². The van der Waals surface area contributed by atoms with Crippen LogP contribution in [0.5, 0.6) is 0 Å². The van der Waals surface area contributed by atoms with Gasteiger partial charge in [-0.2, -0.15) is 0 Å². The van der Waals surface area contributed by atoms with Crippen LogP contribution in [0.4, 0.5) is 0 Å². The van der Waals surface area contributed by atoms with Gasteiger partial charge in [0.1, 0.15) is 5.72 Å². The summed E-state index contributed by atoms with van der Waals surface area (Å²) < 4.78 is 8.81. The SMILES string of the molecule is CC(=O)c1ccc(SN2C(Cc3cnc[nH]3)COC23CCNCC3)cc1. The van der Waals surface area contributed by atoms with Crippen molar-refractivity contribution >= 4 is 17.7 Å². The number of piperidine rings is 1. The Labute approximate surface area is 157 Å². The number of carbonyl (C=O) groups is 1. The molecule has 2 fully saturated rings. The van der Waals surface area contributed by atoms with Gasteiger partial charge in [0.2, 0.25) is 0 Å². The summed E-state index contributed by atoms with van der Waals surface area (Å²) in [6, 6.07) is 8.15. The molecule has 26 heavy (non-hydrogen) atoms. The maximum Gasteiger partial charge on any atom is 0.159 e. The molecule has 2 aliphatic heterocycles. The molecule has 0 bridgehead atoms. The van der Waals surface area contributed by atoms with Gasteiger partial charge in [0, 0.05) is 41.6 Å². The number of hydrogen-bond donors (Lipinski definition) is 2. The minimum atomic E-state index is -0.222. The number of rotatable bonds is 5. The third kappa shape index (κ3) is 3.57. The number of aromatic amines is 1. The number of nitrogens with zero attached hydrogens (tertiary/aromatic N) is 2. The topological polar surface area (TPSA) is 70.2 Å². The molecule has 1 aromatic heterocycles. The van der Waals surface area contributed by atoms with E-state index in [0.717, 1.165) is 55.1 Å². The molecule has 1 aromatic carbocycles. The van der Waals surface area contributed by atoms with Crippen LogP contribution in [0.1, 0.15) is 35.8 Å². The molecule has 138 valence electrons. The molecule has 3 heterocycles. The Kier molecular flexibility index (Phi) is 5.13. The lowest BCUT2D eigenvalue weighted by Crippen LogP contribution is -2.51. The van der Waals surface area contributed by atoms with Crippen LogP contribution >= 0.6 is 11.9 Å². The van der Waals surface area contributed by atoms with Crippen LogP contribution in [0.2, 0.25) is 0 Å². The molecule has 0 saturated carbocycles. The summed E-state index contributed by atoms with van der Waals surface area (Å²) in [6.45, 7) is 4.26. The van der Waals surface area contributed by atoms with Gasteiger partial charge in [-0.05, 0) is 44.1 Å². The summed E-state index contributed by atoms with van der Waals surface area (Å²) in [6.07, 6.45) is 6.45. The van der Waals surface area contributed by atoms with E-state index >= 15 is 0 Å². The lowest BCUT2D eigenvalue weighted by Gasteiger charge is -2.41. The molecule has 6 nitrogen and oxygen atoms in total. The summed E-state index contributed by atoms with van der Waals surface area (Å²) in [5.41, 5.74) is 1.65. The Hall–Kier alpha value is -1.67. The fourth-order valence-electron chi connectivity index (χ4n) is 3.71. The van der Waals surface area contributed by atoms with Gasteiger partial charge in [0.15, 0.2) is 5.78 Å². The van der Waals surface area contributed by atoms with Crippen molar-refractivity contribution in [2.75, 3.05) is 19.7 Å². The molecule has 1 unspecified atom stereocenters. The smallest absolute Gasteiger partial charge is 0.159 e. The van der Waals surface area contributed by atoms with Gasteiger partial charge in [-0.25, -0.2) is 9.29 Å². The van der Waals surface area contributed by atoms with E-state index in [1.165, 1.54) is 0 Å². The van der Waals surface area contributed by atoms with Crippen molar-refractivity contribution in [1.82, 2.24) is 19.6 Å². The first-order valence-electron chi connectivity index (χ1n) is 9.06. The zero-order valence-corrected chi connectivity index (χ0v) is 15.7. The first-order valence-corrected chi connectivity index (χ1v) is 9.84. The van der Waals surface area contributed by atoms with E-state index in [4.69, 9.17) is 4.74 Å². The summed E-state index contributed by atoms with van der Waals surface area (Å²) in [5, 5.41) is 3.43. The molecule has 2 aromatic rings. The van der Waals surface area contributed by atoms with Crippen molar-refractivity contribution in [2.45, 2.75) is 42.8 Å². The first-order chi connectivity index (χ1) is 12.7. The maximum absolute atomic E-state index is 11.5. The highest BCUT2D eigenvalue weighted by molar-refractivity contribution is 7.97. The average Bonchev–Trinajstić information content (AvgIpc) is 3.27. The predicted octanol–water partition coefficient (Wildman–Crippen LogP) is 2.64. The van der Waals surface area contributed by atoms with E-state index in [0.29, 0.717) is 0 Å². The number of Topliss-reactive ketones (excluding diaryl/α,β-unsaturated/α-hetero) is 1. The zero-order chi connectivity index (χ0) is 18.0. The number of aromatic nitrogens is 2. The Morgan fingerprint density at radius 2 is 2.12 bits per heavy atom. The third-order valence-electron chi connectivity index (χ3n) is 5.14. The van der Waals surface area contributed by atoms with Crippen LogP contribution in [-0.2, 0) is 11.2 Å². The predicted molar refractivity (Wildman–Crippen MR) is 101 cm³/mol. The number of imidazole rings is 1. The minimum absolute atomic E-state index is 0.0954. The minimum Gasteiger partial charge on any atom is -0.358 e. The molecule has 1 atom stereocenters. The number of H-pyrrole nitrogens is 1. The number of hydrogen-bond acceptors (Lipinski definition) is 6. The van der Waals surface area contributed by atoms with E-state index in [-0.39, 0.29) is 17.6 Å². The summed E-state index contributed by atoms with van der Waals surface area (Å²) >= 11 is 1.74. The largest absolute Gasteiger partial charge is 0.358 e. The van der Waals surface area contributed by atoms with Crippen molar-refractivity contribution in [2.24, 2.45) is 0 Å². The Morgan fingerprint density at radius 3 is 2.77 bits per heavy atom. The van der Waals surface area contributed by atoms with Gasteiger partial charge in [-0.15, -0.1) is 0 Å². The van der Waals surface area contributed by atoms with Gasteiger partial charge < -0.3 is 15.0 Å². The summed E-state index contributed by atoms with van der Waals surface area (Å²) in [7, 11) is 0. The third-order valence-corrected chi connectivity index (χ3v) is 6.45. The summed E-state index contributed by atoms with van der Waals surface area (Å²) in [4.78, 5) is 20.0. The van der Waals surface area contributed by atoms with Gasteiger partial charge in [0.05, 0.1) is 19.0 Å². The Bertz CT molecular complexity index is 741. The van der Waals surface area contributed by atoms with E-state index in [2.05, 4.69) is 19.6 Å². The van der Waals surface area contributed by atoms with Crippen molar-refractivity contribution in [3.05, 3.63) is 48.0 Å². The quantitative estimate of drug-likeness (QED) is 0.621. The highest BCUT2D eigenvalue weighted by atomic mass is 32.2. The molecule has 0 aliphatic carbocycles. The van der Waals surface area contributed by atoms with Crippen LogP contribution < -0.4 is 5.32 Å². The van der Waals surface area contributed by atoms with Crippen molar-refractivity contribution in [1.29, 1.82) is 0 Å². The second kappa shape index (κ2) is 7.52. The highest BCUT2D eigenvalue weighted by Crippen LogP contribution is 2.43. The van der Waals surface area contributed by atoms with E-state index in [9.17, 15) is 4.79 Å². The first kappa shape index (κ1) is 17.7. The second-order valence-corrected chi connectivity index (χ2v) is 7.99. The van der Waals surface area contributed by atoms with Crippen LogP contribution in [0.3, 0.4) is 0 Å². The van der Waals surface area contributed by atoms with E-state index in [1.807, 2.05) is 30.5 Å². The molecule has 2 saturated heterocycles. The zero-order valence-electron chi connectivity index (χ0n) is 14.9. The van der Waals surface area contributed by atoms with Crippen LogP contribution in [0, 0.1) is 0 Å². The fraction of sp³-hybridized carbons (Fsp3) is 0.474. The van der Waals surface area contributed by atoms with Gasteiger partial charge in [0.25, 0.3) is 0 Å². The maximum atomic E-state index is 11.5. The lowest BCUT2D eigenvalue weighted by molar-refractivity contribution is -0.0680. The number of ketones is 1. The molecule has 0 radical (unpaired) electrons.